The molecule has 0 fully saturated rings. The highest BCUT2D eigenvalue weighted by Crippen LogP contribution is 2.23. The van der Waals surface area contributed by atoms with Gasteiger partial charge in [0.1, 0.15) is 11.8 Å². The minimum Gasteiger partial charge on any atom is -0.406 e. The first kappa shape index (κ1) is 15.8. The molecule has 20 heavy (non-hydrogen) atoms. The standard InChI is InChI=1S/C10H8F3N3O3S/c1-20(17,18)9(6-14)16-15-7-2-4-8(5-3-7)19-10(11,12)13/h2-5,15H,1H3. The van der Waals surface area contributed by atoms with Crippen molar-refractivity contribution in [3.05, 3.63) is 24.3 Å². The lowest BCUT2D eigenvalue weighted by atomic mass is 10.3. The van der Waals surface area contributed by atoms with E-state index in [1.54, 1.807) is 0 Å². The van der Waals surface area contributed by atoms with E-state index in [0.717, 1.165) is 18.4 Å². The quantitative estimate of drug-likeness (QED) is 0.523. The van der Waals surface area contributed by atoms with Crippen molar-refractivity contribution in [1.29, 1.82) is 5.26 Å². The zero-order valence-corrected chi connectivity index (χ0v) is 10.8. The van der Waals surface area contributed by atoms with Gasteiger partial charge in [-0.15, -0.1) is 13.2 Å². The topological polar surface area (TPSA) is 91.5 Å². The van der Waals surface area contributed by atoms with E-state index in [9.17, 15) is 21.6 Å². The van der Waals surface area contributed by atoms with Crippen molar-refractivity contribution in [3.8, 4) is 11.8 Å². The summed E-state index contributed by atoms with van der Waals surface area (Å²) in [6.45, 7) is 0. The Morgan fingerprint density at radius 1 is 1.35 bits per heavy atom. The van der Waals surface area contributed by atoms with Gasteiger partial charge >= 0.3 is 6.36 Å². The fourth-order valence-corrected chi connectivity index (χ4v) is 1.41. The van der Waals surface area contributed by atoms with E-state index >= 15 is 0 Å². The Morgan fingerprint density at radius 2 is 1.90 bits per heavy atom. The highest BCUT2D eigenvalue weighted by Gasteiger charge is 2.30. The number of hydrogen-bond donors (Lipinski definition) is 1. The van der Waals surface area contributed by atoms with E-state index in [4.69, 9.17) is 5.26 Å². The van der Waals surface area contributed by atoms with E-state index in [2.05, 4.69) is 15.3 Å². The van der Waals surface area contributed by atoms with Crippen molar-refractivity contribution in [2.24, 2.45) is 5.10 Å². The number of rotatable bonds is 3. The maximum absolute atomic E-state index is 11.9. The van der Waals surface area contributed by atoms with Crippen molar-refractivity contribution >= 4 is 20.6 Å². The van der Waals surface area contributed by atoms with Gasteiger partial charge in [-0.3, -0.25) is 5.43 Å². The third kappa shape index (κ3) is 5.15. The lowest BCUT2D eigenvalue weighted by Gasteiger charge is -2.09. The number of halogens is 3. The largest absolute Gasteiger partial charge is 0.573 e. The van der Waals surface area contributed by atoms with Gasteiger partial charge in [-0.1, -0.05) is 0 Å². The van der Waals surface area contributed by atoms with Gasteiger partial charge in [0.25, 0.3) is 5.04 Å². The van der Waals surface area contributed by atoms with Crippen LogP contribution in [0.4, 0.5) is 18.9 Å². The average molecular weight is 307 g/mol. The van der Waals surface area contributed by atoms with Gasteiger partial charge in [0.2, 0.25) is 9.84 Å². The number of ether oxygens (including phenoxy) is 1. The number of nitriles is 1. The first-order valence-corrected chi connectivity index (χ1v) is 6.80. The number of nitrogens with zero attached hydrogens (tertiary/aromatic N) is 2. The van der Waals surface area contributed by atoms with Gasteiger partial charge in [0.05, 0.1) is 5.69 Å². The van der Waals surface area contributed by atoms with Gasteiger partial charge in [-0.2, -0.15) is 10.4 Å². The fourth-order valence-electron chi connectivity index (χ4n) is 1.04. The van der Waals surface area contributed by atoms with Gasteiger partial charge in [0, 0.05) is 6.26 Å². The fraction of sp³-hybridized carbons (Fsp3) is 0.200. The molecular formula is C10H8F3N3O3S. The third-order valence-electron chi connectivity index (χ3n) is 1.82. The van der Waals surface area contributed by atoms with Crippen LogP contribution in [0.25, 0.3) is 0 Å². The molecule has 0 radical (unpaired) electrons. The molecule has 0 aromatic heterocycles. The third-order valence-corrected chi connectivity index (χ3v) is 2.71. The smallest absolute Gasteiger partial charge is 0.406 e. The molecule has 1 aromatic carbocycles. The Bertz CT molecular complexity index is 645. The molecular weight excluding hydrogens is 299 g/mol. The van der Waals surface area contributed by atoms with Crippen LogP contribution < -0.4 is 10.2 Å². The van der Waals surface area contributed by atoms with E-state index in [-0.39, 0.29) is 5.69 Å². The molecule has 0 bridgehead atoms. The normalized spacial score (nSPS) is 12.7. The van der Waals surface area contributed by atoms with Crippen LogP contribution in [0.1, 0.15) is 0 Å². The molecule has 0 saturated carbocycles. The molecule has 6 nitrogen and oxygen atoms in total. The zero-order chi connectivity index (χ0) is 15.4. The summed E-state index contributed by atoms with van der Waals surface area (Å²) in [4.78, 5) is 0. The Labute approximate surface area is 112 Å². The maximum atomic E-state index is 11.9. The lowest BCUT2D eigenvalue weighted by Crippen LogP contribution is -2.17. The highest BCUT2D eigenvalue weighted by atomic mass is 32.2. The Balaban J connectivity index is 2.82. The summed E-state index contributed by atoms with van der Waals surface area (Å²) in [5.41, 5.74) is 2.43. The highest BCUT2D eigenvalue weighted by molar-refractivity contribution is 8.06. The molecule has 1 aromatic rings. The summed E-state index contributed by atoms with van der Waals surface area (Å²) >= 11 is 0. The van der Waals surface area contributed by atoms with Gasteiger partial charge < -0.3 is 4.74 Å². The molecule has 1 N–H and O–H groups in total. The van der Waals surface area contributed by atoms with Crippen molar-refractivity contribution in [1.82, 2.24) is 0 Å². The Kier molecular flexibility index (Phi) is 4.57. The predicted octanol–water partition coefficient (Wildman–Crippen LogP) is 1.88. The van der Waals surface area contributed by atoms with Crippen LogP contribution in [0.5, 0.6) is 5.75 Å². The van der Waals surface area contributed by atoms with Crippen LogP contribution >= 0.6 is 0 Å². The van der Waals surface area contributed by atoms with Crippen LogP contribution in [0.3, 0.4) is 0 Å². The summed E-state index contributed by atoms with van der Waals surface area (Å²) in [7, 11) is -3.76. The molecule has 0 heterocycles. The SMILES string of the molecule is CS(=O)(=O)C(C#N)=NNc1ccc(OC(F)(F)F)cc1. The number of anilines is 1. The first-order valence-electron chi connectivity index (χ1n) is 4.91. The molecule has 1 rings (SSSR count). The summed E-state index contributed by atoms with van der Waals surface area (Å²) in [5, 5.41) is 11.2. The summed E-state index contributed by atoms with van der Waals surface area (Å²) in [5.74, 6) is -0.435. The molecule has 0 atom stereocenters. The van der Waals surface area contributed by atoms with Crippen LogP contribution in [0, 0.1) is 11.3 Å². The number of alkyl halides is 3. The van der Waals surface area contributed by atoms with Gasteiger partial charge in [-0.25, -0.2) is 8.42 Å². The van der Waals surface area contributed by atoms with Crippen molar-refractivity contribution < 1.29 is 26.3 Å². The van der Waals surface area contributed by atoms with Crippen LogP contribution in [-0.4, -0.2) is 26.1 Å². The van der Waals surface area contributed by atoms with Crippen molar-refractivity contribution in [3.63, 3.8) is 0 Å². The van der Waals surface area contributed by atoms with Crippen molar-refractivity contribution in [2.45, 2.75) is 6.36 Å². The molecule has 108 valence electrons. The molecule has 0 aliphatic rings. The monoisotopic (exact) mass is 307 g/mol. The van der Waals surface area contributed by atoms with Crippen LogP contribution in [0.15, 0.2) is 29.4 Å². The van der Waals surface area contributed by atoms with Gasteiger partial charge in [-0.05, 0) is 24.3 Å². The average Bonchev–Trinajstić information content (AvgIpc) is 2.28. The molecule has 0 unspecified atom stereocenters. The molecule has 0 saturated heterocycles. The number of nitrogens with one attached hydrogen (secondary N) is 1. The van der Waals surface area contributed by atoms with Crippen molar-refractivity contribution in [2.75, 3.05) is 11.7 Å². The molecule has 10 heteroatoms. The number of hydrazone groups is 1. The molecule has 0 aliphatic heterocycles. The Morgan fingerprint density at radius 3 is 2.30 bits per heavy atom. The first-order chi connectivity index (χ1) is 9.12. The second kappa shape index (κ2) is 5.79. The molecule has 0 spiro atoms. The molecule has 0 aliphatic carbocycles. The summed E-state index contributed by atoms with van der Waals surface area (Å²) < 4.78 is 61.5. The predicted molar refractivity (Wildman–Crippen MR) is 64.6 cm³/mol. The Hall–Kier alpha value is -2.28. The second-order valence-corrected chi connectivity index (χ2v) is 5.42. The summed E-state index contributed by atoms with van der Waals surface area (Å²) in [6.07, 6.45) is -3.99. The van der Waals surface area contributed by atoms with Crippen LogP contribution in [0.2, 0.25) is 0 Å². The van der Waals surface area contributed by atoms with Gasteiger partial charge in [0.15, 0.2) is 0 Å². The lowest BCUT2D eigenvalue weighted by molar-refractivity contribution is -0.274. The number of hydrogen-bond acceptors (Lipinski definition) is 6. The maximum Gasteiger partial charge on any atom is 0.573 e. The minimum atomic E-state index is -4.79. The zero-order valence-electron chi connectivity index (χ0n) is 9.97. The van der Waals surface area contributed by atoms with Crippen LogP contribution in [-0.2, 0) is 9.84 Å². The molecule has 0 amide bonds. The van der Waals surface area contributed by atoms with E-state index in [1.165, 1.54) is 18.2 Å². The number of sulfone groups is 1. The van der Waals surface area contributed by atoms with E-state index in [0.29, 0.717) is 0 Å². The number of benzene rings is 1. The van der Waals surface area contributed by atoms with E-state index in [1.807, 2.05) is 0 Å². The second-order valence-electron chi connectivity index (χ2n) is 3.48. The minimum absolute atomic E-state index is 0.191. The van der Waals surface area contributed by atoms with E-state index < -0.39 is 27.0 Å². The summed E-state index contributed by atoms with van der Waals surface area (Å²) in [6, 6.07) is 5.77.